The van der Waals surface area contributed by atoms with Gasteiger partial charge in [-0.2, -0.15) is 0 Å². The number of amides is 2. The van der Waals surface area contributed by atoms with Gasteiger partial charge in [-0.05, 0) is 48.9 Å². The van der Waals surface area contributed by atoms with Crippen molar-refractivity contribution in [2.24, 2.45) is 0 Å². The average Bonchev–Trinajstić information content (AvgIpc) is 3.29. The van der Waals surface area contributed by atoms with Gasteiger partial charge in [0.2, 0.25) is 5.91 Å². The predicted octanol–water partition coefficient (Wildman–Crippen LogP) is 4.98. The Balaban J connectivity index is 1.70. The first kappa shape index (κ1) is 24.7. The summed E-state index contributed by atoms with van der Waals surface area (Å²) < 4.78 is 20.1. The molecule has 0 unspecified atom stereocenters. The van der Waals surface area contributed by atoms with E-state index >= 15 is 0 Å². The van der Waals surface area contributed by atoms with E-state index < -0.39 is 11.9 Å². The van der Waals surface area contributed by atoms with Gasteiger partial charge in [-0.3, -0.25) is 9.59 Å². The maximum atomic E-state index is 14.3. The van der Waals surface area contributed by atoms with Crippen molar-refractivity contribution < 1.29 is 18.7 Å². The Morgan fingerprint density at radius 2 is 1.73 bits per heavy atom. The third kappa shape index (κ3) is 6.80. The average molecular weight is 455 g/mol. The van der Waals surface area contributed by atoms with Gasteiger partial charge < -0.3 is 15.0 Å². The lowest BCUT2D eigenvalue weighted by Gasteiger charge is -2.29. The highest BCUT2D eigenvalue weighted by Crippen LogP contribution is 2.24. The number of nitrogens with zero attached hydrogens (tertiary/aromatic N) is 1. The summed E-state index contributed by atoms with van der Waals surface area (Å²) in [6.45, 7) is 7.84. The molecule has 3 rings (SSSR count). The first-order valence-corrected chi connectivity index (χ1v) is 11.7. The molecule has 33 heavy (non-hydrogen) atoms. The molecule has 1 N–H and O–H groups in total. The molecular formula is C27H35FN2O3. The minimum atomic E-state index is -0.746. The van der Waals surface area contributed by atoms with Crippen molar-refractivity contribution in [1.82, 2.24) is 10.2 Å². The second-order valence-electron chi connectivity index (χ2n) is 9.84. The summed E-state index contributed by atoms with van der Waals surface area (Å²) in [7, 11) is 0. The Kier molecular flexibility index (Phi) is 8.11. The summed E-state index contributed by atoms with van der Waals surface area (Å²) in [6.07, 6.45) is 4.10. The maximum Gasteiger partial charge on any atom is 0.261 e. The molecule has 0 aliphatic heterocycles. The molecule has 1 saturated carbocycles. The molecule has 1 fully saturated rings. The van der Waals surface area contributed by atoms with Crippen LogP contribution in [0, 0.1) is 5.82 Å². The van der Waals surface area contributed by atoms with Crippen LogP contribution in [-0.2, 0) is 21.5 Å². The molecule has 6 heteroatoms. The van der Waals surface area contributed by atoms with Crippen molar-refractivity contribution in [3.05, 3.63) is 65.5 Å². The van der Waals surface area contributed by atoms with Crippen LogP contribution < -0.4 is 10.1 Å². The second-order valence-corrected chi connectivity index (χ2v) is 9.84. The SMILES string of the molecule is C[C@H](C(=O)NC1CCCC1)N(Cc1ccccc1F)C(=O)COc1ccc(C(C)(C)C)cc1. The van der Waals surface area contributed by atoms with E-state index in [0.717, 1.165) is 25.7 Å². The van der Waals surface area contributed by atoms with Gasteiger partial charge in [0.1, 0.15) is 17.6 Å². The van der Waals surface area contributed by atoms with Crippen LogP contribution >= 0.6 is 0 Å². The van der Waals surface area contributed by atoms with Crippen molar-refractivity contribution in [3.8, 4) is 5.75 Å². The highest BCUT2D eigenvalue weighted by Gasteiger charge is 2.29. The van der Waals surface area contributed by atoms with E-state index in [1.807, 2.05) is 24.3 Å². The predicted molar refractivity (Wildman–Crippen MR) is 127 cm³/mol. The number of carbonyl (C=O) groups is 2. The minimum absolute atomic E-state index is 0.00289. The van der Waals surface area contributed by atoms with Gasteiger partial charge in [0.25, 0.3) is 5.91 Å². The number of nitrogens with one attached hydrogen (secondary N) is 1. The first-order chi connectivity index (χ1) is 15.6. The lowest BCUT2D eigenvalue weighted by molar-refractivity contribution is -0.142. The molecule has 2 amide bonds. The lowest BCUT2D eigenvalue weighted by atomic mass is 9.87. The zero-order valence-corrected chi connectivity index (χ0v) is 20.1. The third-order valence-electron chi connectivity index (χ3n) is 6.25. The minimum Gasteiger partial charge on any atom is -0.484 e. The largest absolute Gasteiger partial charge is 0.484 e. The molecule has 178 valence electrons. The van der Waals surface area contributed by atoms with E-state index in [-0.39, 0.29) is 36.4 Å². The summed E-state index contributed by atoms with van der Waals surface area (Å²) in [6, 6.07) is 13.3. The van der Waals surface area contributed by atoms with Gasteiger partial charge >= 0.3 is 0 Å². The molecule has 0 heterocycles. The molecule has 0 aromatic heterocycles. The van der Waals surface area contributed by atoms with Gasteiger partial charge in [-0.25, -0.2) is 4.39 Å². The van der Waals surface area contributed by atoms with Crippen LogP contribution in [-0.4, -0.2) is 35.4 Å². The van der Waals surface area contributed by atoms with Crippen molar-refractivity contribution in [1.29, 1.82) is 0 Å². The standard InChI is InChI=1S/C27H35FN2O3/c1-19(26(32)29-22-10-6-7-11-22)30(17-20-9-5-8-12-24(20)28)25(31)18-33-23-15-13-21(14-16-23)27(2,3)4/h5,8-9,12-16,19,22H,6-7,10-11,17-18H2,1-4H3,(H,29,32)/t19-/m1/s1. The second kappa shape index (κ2) is 10.8. The van der Waals surface area contributed by atoms with Crippen LogP contribution in [0.5, 0.6) is 5.75 Å². The van der Waals surface area contributed by atoms with Crippen LogP contribution in [0.1, 0.15) is 64.5 Å². The molecule has 2 aromatic carbocycles. The van der Waals surface area contributed by atoms with Gasteiger partial charge in [0.15, 0.2) is 6.61 Å². The molecule has 1 aliphatic carbocycles. The van der Waals surface area contributed by atoms with Crippen molar-refractivity contribution in [2.75, 3.05) is 6.61 Å². The van der Waals surface area contributed by atoms with Gasteiger partial charge in [-0.1, -0.05) is 63.9 Å². The molecular weight excluding hydrogens is 419 g/mol. The van der Waals surface area contributed by atoms with E-state index in [0.29, 0.717) is 11.3 Å². The maximum absolute atomic E-state index is 14.3. The zero-order valence-electron chi connectivity index (χ0n) is 20.1. The van der Waals surface area contributed by atoms with Gasteiger partial charge in [0, 0.05) is 18.2 Å². The topological polar surface area (TPSA) is 58.6 Å². The highest BCUT2D eigenvalue weighted by molar-refractivity contribution is 5.88. The molecule has 5 nitrogen and oxygen atoms in total. The quantitative estimate of drug-likeness (QED) is 0.612. The number of rotatable bonds is 8. The normalized spacial score (nSPS) is 15.2. The number of carbonyl (C=O) groups excluding carboxylic acids is 2. The number of hydrogen-bond donors (Lipinski definition) is 1. The molecule has 1 atom stereocenters. The van der Waals surface area contributed by atoms with Crippen molar-refractivity contribution in [2.45, 2.75) is 77.4 Å². The summed E-state index contributed by atoms with van der Waals surface area (Å²) in [4.78, 5) is 27.4. The van der Waals surface area contributed by atoms with Crippen molar-refractivity contribution in [3.63, 3.8) is 0 Å². The van der Waals surface area contributed by atoms with Gasteiger partial charge in [-0.15, -0.1) is 0 Å². The van der Waals surface area contributed by atoms with Crippen LogP contribution in [0.2, 0.25) is 0 Å². The molecule has 0 radical (unpaired) electrons. The van der Waals surface area contributed by atoms with E-state index in [9.17, 15) is 14.0 Å². The number of ether oxygens (including phenoxy) is 1. The van der Waals surface area contributed by atoms with E-state index in [1.54, 1.807) is 25.1 Å². The van der Waals surface area contributed by atoms with Crippen molar-refractivity contribution >= 4 is 11.8 Å². The van der Waals surface area contributed by atoms with Crippen LogP contribution in [0.3, 0.4) is 0 Å². The fraction of sp³-hybridized carbons (Fsp3) is 0.481. The summed E-state index contributed by atoms with van der Waals surface area (Å²) in [5.74, 6) is -0.420. The molecule has 0 spiro atoms. The first-order valence-electron chi connectivity index (χ1n) is 11.7. The van der Waals surface area contributed by atoms with Gasteiger partial charge in [0.05, 0.1) is 0 Å². The Morgan fingerprint density at radius 3 is 2.33 bits per heavy atom. The Hall–Kier alpha value is -2.89. The van der Waals surface area contributed by atoms with Crippen LogP contribution in [0.4, 0.5) is 4.39 Å². The Bertz CT molecular complexity index is 947. The number of hydrogen-bond acceptors (Lipinski definition) is 3. The highest BCUT2D eigenvalue weighted by atomic mass is 19.1. The van der Waals surface area contributed by atoms with E-state index in [4.69, 9.17) is 4.74 Å². The zero-order chi connectivity index (χ0) is 24.0. The van der Waals surface area contributed by atoms with E-state index in [1.165, 1.54) is 16.5 Å². The number of halogens is 1. The molecule has 0 bridgehead atoms. The van der Waals surface area contributed by atoms with Crippen LogP contribution in [0.15, 0.2) is 48.5 Å². The summed E-state index contributed by atoms with van der Waals surface area (Å²) in [5, 5.41) is 3.04. The fourth-order valence-electron chi connectivity index (χ4n) is 4.06. The summed E-state index contributed by atoms with van der Waals surface area (Å²) >= 11 is 0. The summed E-state index contributed by atoms with van der Waals surface area (Å²) in [5.41, 5.74) is 1.55. The fourth-order valence-corrected chi connectivity index (χ4v) is 4.06. The third-order valence-corrected chi connectivity index (χ3v) is 6.25. The Labute approximate surface area is 196 Å². The lowest BCUT2D eigenvalue weighted by Crippen LogP contribution is -2.50. The molecule has 1 aliphatic rings. The molecule has 2 aromatic rings. The van der Waals surface area contributed by atoms with Crippen LogP contribution in [0.25, 0.3) is 0 Å². The monoisotopic (exact) mass is 454 g/mol. The smallest absolute Gasteiger partial charge is 0.261 e. The number of benzene rings is 2. The van der Waals surface area contributed by atoms with E-state index in [2.05, 4.69) is 26.1 Å². The molecule has 0 saturated heterocycles. The Morgan fingerprint density at radius 1 is 1.09 bits per heavy atom.